The predicted molar refractivity (Wildman–Crippen MR) is 108 cm³/mol. The first-order valence-corrected chi connectivity index (χ1v) is 8.94. The highest BCUT2D eigenvalue weighted by atomic mass is 32.2. The molecule has 0 aromatic heterocycles. The van der Waals surface area contributed by atoms with E-state index in [1.54, 1.807) is 45.6 Å². The number of benzene rings is 2. The van der Waals surface area contributed by atoms with Gasteiger partial charge in [-0.25, -0.2) is 0 Å². The van der Waals surface area contributed by atoms with E-state index in [-0.39, 0.29) is 5.91 Å². The van der Waals surface area contributed by atoms with Crippen LogP contribution in [0, 0.1) is 0 Å². The van der Waals surface area contributed by atoms with Crippen molar-refractivity contribution in [2.24, 2.45) is 0 Å². The van der Waals surface area contributed by atoms with Gasteiger partial charge >= 0.3 is 0 Å². The number of para-hydroxylation sites is 2. The molecule has 1 aliphatic heterocycles. The molecular weight excluding hydrogens is 370 g/mol. The summed E-state index contributed by atoms with van der Waals surface area (Å²) in [5.41, 5.74) is 1.40. The highest BCUT2D eigenvalue weighted by Gasteiger charge is 2.35. The van der Waals surface area contributed by atoms with Crippen LogP contribution in [0.5, 0.6) is 17.2 Å². The van der Waals surface area contributed by atoms with Gasteiger partial charge in [0.25, 0.3) is 5.91 Å². The van der Waals surface area contributed by atoms with E-state index in [0.717, 1.165) is 5.56 Å². The Hall–Kier alpha value is -2.51. The van der Waals surface area contributed by atoms with E-state index in [1.807, 2.05) is 24.3 Å². The lowest BCUT2D eigenvalue weighted by Crippen LogP contribution is -2.27. The van der Waals surface area contributed by atoms with Crippen LogP contribution in [0.3, 0.4) is 0 Å². The fourth-order valence-electron chi connectivity index (χ4n) is 2.57. The second-order valence-electron chi connectivity index (χ2n) is 5.30. The molecule has 1 saturated heterocycles. The SMILES string of the molecule is COc1ccc(C=C2SC(=S)N(c3ccccc3OC)C2=O)c(OC)c1. The van der Waals surface area contributed by atoms with E-state index < -0.39 is 0 Å². The van der Waals surface area contributed by atoms with Crippen molar-refractivity contribution in [1.82, 2.24) is 0 Å². The van der Waals surface area contributed by atoms with Crippen molar-refractivity contribution in [2.75, 3.05) is 26.2 Å². The molecule has 2 aromatic carbocycles. The maximum atomic E-state index is 12.9. The van der Waals surface area contributed by atoms with Crippen LogP contribution in [0.1, 0.15) is 5.56 Å². The van der Waals surface area contributed by atoms with Gasteiger partial charge in [0.05, 0.1) is 31.9 Å². The van der Waals surface area contributed by atoms with Crippen LogP contribution in [0.15, 0.2) is 47.4 Å². The van der Waals surface area contributed by atoms with Crippen LogP contribution >= 0.6 is 24.0 Å². The number of methoxy groups -OCH3 is 3. The topological polar surface area (TPSA) is 48.0 Å². The predicted octanol–water partition coefficient (Wildman–Crippen LogP) is 4.12. The summed E-state index contributed by atoms with van der Waals surface area (Å²) in [7, 11) is 4.73. The van der Waals surface area contributed by atoms with E-state index in [2.05, 4.69) is 0 Å². The van der Waals surface area contributed by atoms with Crippen molar-refractivity contribution in [1.29, 1.82) is 0 Å². The number of hydrogen-bond acceptors (Lipinski definition) is 6. The highest BCUT2D eigenvalue weighted by molar-refractivity contribution is 8.27. The second-order valence-corrected chi connectivity index (χ2v) is 6.97. The quantitative estimate of drug-likeness (QED) is 0.568. The molecule has 1 amide bonds. The molecule has 0 bridgehead atoms. The molecule has 2 aromatic rings. The second kappa shape index (κ2) is 7.80. The van der Waals surface area contributed by atoms with Crippen LogP contribution < -0.4 is 19.1 Å². The van der Waals surface area contributed by atoms with Crippen molar-refractivity contribution >= 4 is 46.0 Å². The third-order valence-electron chi connectivity index (χ3n) is 3.85. The Morgan fingerprint density at radius 3 is 2.42 bits per heavy atom. The van der Waals surface area contributed by atoms with Crippen molar-refractivity contribution in [3.05, 3.63) is 52.9 Å². The van der Waals surface area contributed by atoms with E-state index in [4.69, 9.17) is 26.4 Å². The lowest BCUT2D eigenvalue weighted by molar-refractivity contribution is -0.113. The number of nitrogens with zero attached hydrogens (tertiary/aromatic N) is 1. The van der Waals surface area contributed by atoms with E-state index in [9.17, 15) is 4.79 Å². The Morgan fingerprint density at radius 1 is 1.00 bits per heavy atom. The minimum absolute atomic E-state index is 0.192. The summed E-state index contributed by atoms with van der Waals surface area (Å²) < 4.78 is 16.4. The number of hydrogen-bond donors (Lipinski definition) is 0. The molecule has 3 rings (SSSR count). The van der Waals surface area contributed by atoms with Gasteiger partial charge < -0.3 is 14.2 Å². The first kappa shape index (κ1) is 18.3. The molecule has 0 atom stereocenters. The third-order valence-corrected chi connectivity index (χ3v) is 5.15. The monoisotopic (exact) mass is 387 g/mol. The molecule has 0 aliphatic carbocycles. The Morgan fingerprint density at radius 2 is 1.73 bits per heavy atom. The minimum Gasteiger partial charge on any atom is -0.497 e. The molecule has 0 N–H and O–H groups in total. The molecule has 5 nitrogen and oxygen atoms in total. The van der Waals surface area contributed by atoms with Crippen LogP contribution in [-0.2, 0) is 4.79 Å². The summed E-state index contributed by atoms with van der Waals surface area (Å²) in [4.78, 5) is 14.9. The molecule has 0 unspecified atom stereocenters. The Bertz CT molecular complexity index is 895. The normalized spacial score (nSPS) is 15.5. The lowest BCUT2D eigenvalue weighted by atomic mass is 10.1. The molecule has 0 spiro atoms. The minimum atomic E-state index is -0.192. The van der Waals surface area contributed by atoms with E-state index in [1.165, 1.54) is 16.7 Å². The van der Waals surface area contributed by atoms with Gasteiger partial charge in [-0.3, -0.25) is 9.69 Å². The molecule has 0 saturated carbocycles. The van der Waals surface area contributed by atoms with Gasteiger partial charge in [-0.15, -0.1) is 0 Å². The Balaban J connectivity index is 1.98. The maximum absolute atomic E-state index is 12.9. The fourth-order valence-corrected chi connectivity index (χ4v) is 3.84. The Labute approximate surface area is 161 Å². The van der Waals surface area contributed by atoms with Gasteiger partial charge in [0.2, 0.25) is 0 Å². The van der Waals surface area contributed by atoms with Crippen LogP contribution in [0.2, 0.25) is 0 Å². The summed E-state index contributed by atoms with van der Waals surface area (Å²) in [6.45, 7) is 0. The maximum Gasteiger partial charge on any atom is 0.270 e. The molecule has 7 heteroatoms. The summed E-state index contributed by atoms with van der Waals surface area (Å²) in [5.74, 6) is 1.70. The number of amides is 1. The number of thiocarbonyl (C=S) groups is 1. The molecular formula is C19H17NO4S2. The van der Waals surface area contributed by atoms with Gasteiger partial charge in [-0.2, -0.15) is 0 Å². The summed E-state index contributed by atoms with van der Waals surface area (Å²) >= 11 is 6.67. The fraction of sp³-hybridized carbons (Fsp3) is 0.158. The molecule has 134 valence electrons. The van der Waals surface area contributed by atoms with Crippen molar-refractivity contribution in [2.45, 2.75) is 0 Å². The zero-order valence-corrected chi connectivity index (χ0v) is 16.1. The first-order chi connectivity index (χ1) is 12.6. The highest BCUT2D eigenvalue weighted by Crippen LogP contribution is 2.40. The number of thioether (sulfide) groups is 1. The number of carbonyl (C=O) groups excluding carboxylic acids is 1. The van der Waals surface area contributed by atoms with E-state index >= 15 is 0 Å². The molecule has 0 radical (unpaired) electrons. The van der Waals surface area contributed by atoms with E-state index in [0.29, 0.717) is 32.2 Å². The molecule has 26 heavy (non-hydrogen) atoms. The Kier molecular flexibility index (Phi) is 5.49. The van der Waals surface area contributed by atoms with Gasteiger partial charge in [0, 0.05) is 11.6 Å². The number of rotatable bonds is 5. The van der Waals surface area contributed by atoms with Crippen LogP contribution in [0.4, 0.5) is 5.69 Å². The number of carbonyl (C=O) groups is 1. The molecule has 1 heterocycles. The standard InChI is InChI=1S/C19H17NO4S2/c1-22-13-9-8-12(16(11-13)24-3)10-17-18(21)20(19(25)26-17)14-6-4-5-7-15(14)23-2/h4-11H,1-3H3. The number of ether oxygens (including phenoxy) is 3. The van der Waals surface area contributed by atoms with Gasteiger partial charge in [-0.05, 0) is 30.3 Å². The largest absolute Gasteiger partial charge is 0.497 e. The first-order valence-electron chi connectivity index (χ1n) is 7.72. The zero-order chi connectivity index (χ0) is 18.7. The van der Waals surface area contributed by atoms with Gasteiger partial charge in [0.15, 0.2) is 4.32 Å². The van der Waals surface area contributed by atoms with Crippen LogP contribution in [-0.4, -0.2) is 31.6 Å². The van der Waals surface area contributed by atoms with Crippen LogP contribution in [0.25, 0.3) is 6.08 Å². The smallest absolute Gasteiger partial charge is 0.270 e. The summed E-state index contributed by atoms with van der Waals surface area (Å²) in [6, 6.07) is 12.7. The van der Waals surface area contributed by atoms with Gasteiger partial charge in [0.1, 0.15) is 17.2 Å². The molecule has 1 aliphatic rings. The van der Waals surface area contributed by atoms with Crippen molar-refractivity contribution < 1.29 is 19.0 Å². The summed E-state index contributed by atoms with van der Waals surface area (Å²) in [6.07, 6.45) is 1.77. The average molecular weight is 387 g/mol. The lowest BCUT2D eigenvalue weighted by Gasteiger charge is -2.17. The van der Waals surface area contributed by atoms with Crippen molar-refractivity contribution in [3.63, 3.8) is 0 Å². The van der Waals surface area contributed by atoms with Gasteiger partial charge in [-0.1, -0.05) is 36.1 Å². The zero-order valence-electron chi connectivity index (χ0n) is 14.5. The number of anilines is 1. The average Bonchev–Trinajstić information content (AvgIpc) is 2.95. The summed E-state index contributed by atoms with van der Waals surface area (Å²) in [5, 5.41) is 0. The molecule has 1 fully saturated rings. The third kappa shape index (κ3) is 3.40. The van der Waals surface area contributed by atoms with Crippen molar-refractivity contribution in [3.8, 4) is 17.2 Å².